The summed E-state index contributed by atoms with van der Waals surface area (Å²) in [4.78, 5) is 12.3. The predicted octanol–water partition coefficient (Wildman–Crippen LogP) is 4.03. The van der Waals surface area contributed by atoms with E-state index in [4.69, 9.17) is 16.3 Å². The number of hydrogen-bond acceptors (Lipinski definition) is 3. The van der Waals surface area contributed by atoms with Crippen LogP contribution in [0.4, 0.5) is 0 Å². The normalized spacial score (nSPS) is 15.7. The first-order chi connectivity index (χ1) is 11.7. The van der Waals surface area contributed by atoms with Crippen molar-refractivity contribution < 1.29 is 9.53 Å². The maximum atomic E-state index is 12.3. The zero-order chi connectivity index (χ0) is 16.8. The molecule has 0 aliphatic heterocycles. The summed E-state index contributed by atoms with van der Waals surface area (Å²) in [6, 6.07) is 9.13. The minimum Gasteiger partial charge on any atom is -0.471 e. The van der Waals surface area contributed by atoms with Crippen LogP contribution in [-0.2, 0) is 6.73 Å². The van der Waals surface area contributed by atoms with Crippen molar-refractivity contribution in [3.63, 3.8) is 0 Å². The molecule has 128 valence electrons. The summed E-state index contributed by atoms with van der Waals surface area (Å²) in [7, 11) is 0. The first kappa shape index (κ1) is 16.8. The van der Waals surface area contributed by atoms with Gasteiger partial charge in [-0.15, -0.1) is 0 Å². The molecule has 0 saturated heterocycles. The summed E-state index contributed by atoms with van der Waals surface area (Å²) in [6.45, 7) is 0.248. The number of nitrogens with zero attached hydrogens (tertiary/aromatic N) is 2. The fourth-order valence-electron chi connectivity index (χ4n) is 2.91. The highest BCUT2D eigenvalue weighted by molar-refractivity contribution is 6.30. The van der Waals surface area contributed by atoms with Gasteiger partial charge in [-0.05, 0) is 43.2 Å². The van der Waals surface area contributed by atoms with Crippen molar-refractivity contribution in [3.05, 3.63) is 47.2 Å². The number of nitrogens with one attached hydrogen (secondary N) is 1. The lowest BCUT2D eigenvalue weighted by molar-refractivity contribution is 0.0926. The molecule has 6 heteroatoms. The van der Waals surface area contributed by atoms with E-state index < -0.39 is 0 Å². The Morgan fingerprint density at radius 2 is 1.88 bits per heavy atom. The molecular formula is C18H22ClN3O2. The Morgan fingerprint density at radius 3 is 2.58 bits per heavy atom. The lowest BCUT2D eigenvalue weighted by Crippen LogP contribution is -2.34. The van der Waals surface area contributed by atoms with Gasteiger partial charge >= 0.3 is 0 Å². The lowest BCUT2D eigenvalue weighted by atomic mass is 10.1. The Labute approximate surface area is 147 Å². The minimum atomic E-state index is -0.104. The van der Waals surface area contributed by atoms with Crippen LogP contribution in [0.25, 0.3) is 0 Å². The molecule has 1 N–H and O–H groups in total. The SMILES string of the molecule is O=C(NC1CCCCCC1)c1ccn(COc2ccc(Cl)cc2)n1. The van der Waals surface area contributed by atoms with Crippen LogP contribution in [0.3, 0.4) is 0 Å². The lowest BCUT2D eigenvalue weighted by Gasteiger charge is -2.15. The van der Waals surface area contributed by atoms with Gasteiger partial charge in [0.15, 0.2) is 6.73 Å². The van der Waals surface area contributed by atoms with Gasteiger partial charge in [-0.3, -0.25) is 4.79 Å². The van der Waals surface area contributed by atoms with Crippen molar-refractivity contribution in [2.75, 3.05) is 0 Å². The Bertz CT molecular complexity index is 661. The number of aromatic nitrogens is 2. The van der Waals surface area contributed by atoms with Crippen LogP contribution in [-0.4, -0.2) is 21.7 Å². The van der Waals surface area contributed by atoms with E-state index in [9.17, 15) is 4.79 Å². The van der Waals surface area contributed by atoms with Gasteiger partial charge in [-0.2, -0.15) is 5.10 Å². The molecule has 1 heterocycles. The summed E-state index contributed by atoms with van der Waals surface area (Å²) < 4.78 is 7.22. The van der Waals surface area contributed by atoms with Crippen LogP contribution in [0, 0.1) is 0 Å². The molecule has 0 unspecified atom stereocenters. The molecule has 1 saturated carbocycles. The van der Waals surface area contributed by atoms with Crippen molar-refractivity contribution in [1.82, 2.24) is 15.1 Å². The molecule has 1 aromatic heterocycles. The van der Waals surface area contributed by atoms with Gasteiger partial charge in [0.2, 0.25) is 0 Å². The number of hydrogen-bond donors (Lipinski definition) is 1. The summed E-state index contributed by atoms with van der Waals surface area (Å²) in [5.41, 5.74) is 0.430. The van der Waals surface area contributed by atoms with E-state index in [1.807, 2.05) is 0 Å². The van der Waals surface area contributed by atoms with E-state index in [0.717, 1.165) is 12.8 Å². The van der Waals surface area contributed by atoms with Crippen molar-refractivity contribution in [1.29, 1.82) is 0 Å². The van der Waals surface area contributed by atoms with Crippen molar-refractivity contribution in [3.8, 4) is 5.75 Å². The average molecular weight is 348 g/mol. The number of amides is 1. The van der Waals surface area contributed by atoms with Gasteiger partial charge in [0.25, 0.3) is 5.91 Å². The highest BCUT2D eigenvalue weighted by Crippen LogP contribution is 2.18. The number of halogens is 1. The third-order valence-corrected chi connectivity index (χ3v) is 4.49. The van der Waals surface area contributed by atoms with E-state index in [-0.39, 0.29) is 18.7 Å². The van der Waals surface area contributed by atoms with Gasteiger partial charge in [0.05, 0.1) is 0 Å². The van der Waals surface area contributed by atoms with Crippen LogP contribution in [0.5, 0.6) is 5.75 Å². The summed E-state index contributed by atoms with van der Waals surface area (Å²) >= 11 is 5.84. The first-order valence-electron chi connectivity index (χ1n) is 8.43. The van der Waals surface area contributed by atoms with Gasteiger partial charge in [-0.1, -0.05) is 37.3 Å². The molecule has 2 aromatic rings. The van der Waals surface area contributed by atoms with E-state index in [2.05, 4.69) is 10.4 Å². The van der Waals surface area contributed by atoms with Crippen LogP contribution in [0.15, 0.2) is 36.5 Å². The maximum Gasteiger partial charge on any atom is 0.271 e. The van der Waals surface area contributed by atoms with Crippen molar-refractivity contribution >= 4 is 17.5 Å². The molecule has 1 aliphatic carbocycles. The molecule has 24 heavy (non-hydrogen) atoms. The quantitative estimate of drug-likeness (QED) is 0.831. The molecule has 1 aliphatic rings. The van der Waals surface area contributed by atoms with Gasteiger partial charge < -0.3 is 10.1 Å². The second-order valence-corrected chi connectivity index (χ2v) is 6.57. The van der Waals surface area contributed by atoms with Crippen molar-refractivity contribution in [2.45, 2.75) is 51.3 Å². The highest BCUT2D eigenvalue weighted by Gasteiger charge is 2.17. The highest BCUT2D eigenvalue weighted by atomic mass is 35.5. The largest absolute Gasteiger partial charge is 0.471 e. The van der Waals surface area contributed by atoms with Crippen LogP contribution in [0.1, 0.15) is 49.0 Å². The standard InChI is InChI=1S/C18H22ClN3O2/c19-14-7-9-16(10-8-14)24-13-22-12-11-17(21-22)18(23)20-15-5-3-1-2-4-6-15/h7-12,15H,1-6,13H2,(H,20,23). The first-order valence-corrected chi connectivity index (χ1v) is 8.81. The van der Waals surface area contributed by atoms with E-state index in [1.165, 1.54) is 25.7 Å². The Hall–Kier alpha value is -2.01. The zero-order valence-corrected chi connectivity index (χ0v) is 14.3. The minimum absolute atomic E-state index is 0.104. The smallest absolute Gasteiger partial charge is 0.271 e. The second kappa shape index (κ2) is 8.20. The molecule has 1 amide bonds. The molecular weight excluding hydrogens is 326 g/mol. The molecule has 0 bridgehead atoms. The maximum absolute atomic E-state index is 12.3. The number of benzene rings is 1. The topological polar surface area (TPSA) is 56.2 Å². The molecule has 3 rings (SSSR count). The summed E-state index contributed by atoms with van der Waals surface area (Å²) in [5.74, 6) is 0.603. The van der Waals surface area contributed by atoms with Crippen LogP contribution < -0.4 is 10.1 Å². The third-order valence-electron chi connectivity index (χ3n) is 4.24. The van der Waals surface area contributed by atoms with Crippen LogP contribution >= 0.6 is 11.6 Å². The number of carbonyl (C=O) groups excluding carboxylic acids is 1. The predicted molar refractivity (Wildman–Crippen MR) is 93.3 cm³/mol. The second-order valence-electron chi connectivity index (χ2n) is 6.13. The number of ether oxygens (including phenoxy) is 1. The molecule has 1 aromatic carbocycles. The van der Waals surface area contributed by atoms with Gasteiger partial charge in [-0.25, -0.2) is 4.68 Å². The Morgan fingerprint density at radius 1 is 1.17 bits per heavy atom. The molecule has 5 nitrogen and oxygen atoms in total. The summed E-state index contributed by atoms with van der Waals surface area (Å²) in [5, 5.41) is 8.05. The van der Waals surface area contributed by atoms with Crippen molar-refractivity contribution in [2.24, 2.45) is 0 Å². The zero-order valence-electron chi connectivity index (χ0n) is 13.6. The monoisotopic (exact) mass is 347 g/mol. The fraction of sp³-hybridized carbons (Fsp3) is 0.444. The molecule has 0 radical (unpaired) electrons. The van der Waals surface area contributed by atoms with Gasteiger partial charge in [0.1, 0.15) is 11.4 Å². The molecule has 1 fully saturated rings. The Kier molecular flexibility index (Phi) is 5.75. The van der Waals surface area contributed by atoms with E-state index in [0.29, 0.717) is 16.5 Å². The van der Waals surface area contributed by atoms with Gasteiger partial charge in [0, 0.05) is 17.3 Å². The van der Waals surface area contributed by atoms with E-state index >= 15 is 0 Å². The third kappa shape index (κ3) is 4.74. The van der Waals surface area contributed by atoms with E-state index in [1.54, 1.807) is 41.2 Å². The van der Waals surface area contributed by atoms with Crippen LogP contribution in [0.2, 0.25) is 5.02 Å². The molecule has 0 atom stereocenters. The molecule has 0 spiro atoms. The average Bonchev–Trinajstić information content (AvgIpc) is 2.92. The summed E-state index contributed by atoms with van der Waals surface area (Å²) in [6.07, 6.45) is 8.78. The fourth-order valence-corrected chi connectivity index (χ4v) is 3.04. The number of carbonyl (C=O) groups is 1. The number of rotatable bonds is 5. The Balaban J connectivity index is 1.52.